The van der Waals surface area contributed by atoms with Gasteiger partial charge in [0.1, 0.15) is 0 Å². The van der Waals surface area contributed by atoms with Crippen molar-refractivity contribution in [2.75, 3.05) is 20.6 Å². The minimum atomic E-state index is 0.281. The van der Waals surface area contributed by atoms with E-state index in [1.807, 2.05) is 11.3 Å². The van der Waals surface area contributed by atoms with E-state index in [4.69, 9.17) is 0 Å². The van der Waals surface area contributed by atoms with Crippen LogP contribution in [0.1, 0.15) is 67.7 Å². The van der Waals surface area contributed by atoms with Crippen LogP contribution in [0.2, 0.25) is 0 Å². The summed E-state index contributed by atoms with van der Waals surface area (Å²) in [6.45, 7) is 5.59. The summed E-state index contributed by atoms with van der Waals surface area (Å²) < 4.78 is 0. The van der Waals surface area contributed by atoms with E-state index in [1.54, 1.807) is 0 Å². The molecule has 1 fully saturated rings. The molecule has 0 aliphatic heterocycles. The number of thiophene rings is 1. The second-order valence-electron chi connectivity index (χ2n) is 6.75. The summed E-state index contributed by atoms with van der Waals surface area (Å²) in [4.78, 5) is 5.47. The van der Waals surface area contributed by atoms with Gasteiger partial charge >= 0.3 is 0 Å². The zero-order valence-corrected chi connectivity index (χ0v) is 15.1. The van der Waals surface area contributed by atoms with Gasteiger partial charge in [-0.05, 0) is 59.0 Å². The predicted octanol–water partition coefficient (Wildman–Crippen LogP) is 4.75. The summed E-state index contributed by atoms with van der Waals surface area (Å²) in [6.07, 6.45) is 9.37. The lowest BCUT2D eigenvalue weighted by molar-refractivity contribution is 0.0814. The second-order valence-corrected chi connectivity index (χ2v) is 8.07. The fourth-order valence-corrected chi connectivity index (χ4v) is 4.85. The third-order valence-corrected chi connectivity index (χ3v) is 6.11. The van der Waals surface area contributed by atoms with Crippen molar-refractivity contribution in [3.05, 3.63) is 21.9 Å². The molecule has 1 unspecified atom stereocenters. The quantitative estimate of drug-likeness (QED) is 0.763. The topological polar surface area (TPSA) is 15.3 Å². The lowest BCUT2D eigenvalue weighted by Crippen LogP contribution is -2.53. The Balaban J connectivity index is 2.34. The summed E-state index contributed by atoms with van der Waals surface area (Å²) in [5, 5.41) is 3.89. The fourth-order valence-electron chi connectivity index (χ4n) is 3.79. The molecule has 2 nitrogen and oxygen atoms in total. The molecular weight excluding hydrogens is 276 g/mol. The van der Waals surface area contributed by atoms with Gasteiger partial charge in [0.25, 0.3) is 0 Å². The first-order valence-electron chi connectivity index (χ1n) is 8.57. The van der Waals surface area contributed by atoms with Crippen molar-refractivity contribution in [1.29, 1.82) is 0 Å². The van der Waals surface area contributed by atoms with Crippen molar-refractivity contribution in [1.82, 2.24) is 10.2 Å². The van der Waals surface area contributed by atoms with E-state index in [0.29, 0.717) is 6.04 Å². The van der Waals surface area contributed by atoms with Gasteiger partial charge in [-0.15, -0.1) is 11.3 Å². The highest BCUT2D eigenvalue weighted by molar-refractivity contribution is 7.12. The summed E-state index contributed by atoms with van der Waals surface area (Å²) >= 11 is 1.97. The molecule has 1 heterocycles. The Labute approximate surface area is 134 Å². The number of rotatable bonds is 6. The minimum absolute atomic E-state index is 0.281. The van der Waals surface area contributed by atoms with E-state index in [2.05, 4.69) is 50.3 Å². The van der Waals surface area contributed by atoms with Gasteiger partial charge in [-0.25, -0.2) is 0 Å². The maximum absolute atomic E-state index is 3.89. The average Bonchev–Trinajstić information content (AvgIpc) is 2.74. The first-order chi connectivity index (χ1) is 10.1. The zero-order valence-electron chi connectivity index (χ0n) is 14.2. The molecule has 1 aromatic heterocycles. The minimum Gasteiger partial charge on any atom is -0.308 e. The third-order valence-electron chi connectivity index (χ3n) is 5.04. The highest BCUT2D eigenvalue weighted by Crippen LogP contribution is 2.42. The van der Waals surface area contributed by atoms with Crippen LogP contribution in [0.15, 0.2) is 12.1 Å². The molecule has 3 heteroatoms. The van der Waals surface area contributed by atoms with E-state index in [1.165, 1.54) is 54.7 Å². The molecule has 1 aliphatic rings. The van der Waals surface area contributed by atoms with Gasteiger partial charge in [0.15, 0.2) is 0 Å². The van der Waals surface area contributed by atoms with Crippen LogP contribution in [0.3, 0.4) is 0 Å². The van der Waals surface area contributed by atoms with Crippen LogP contribution in [-0.4, -0.2) is 31.1 Å². The van der Waals surface area contributed by atoms with Gasteiger partial charge in [0.2, 0.25) is 0 Å². The normalized spacial score (nSPS) is 20.4. The Kier molecular flexibility index (Phi) is 6.27. The average molecular weight is 309 g/mol. The van der Waals surface area contributed by atoms with Crippen LogP contribution < -0.4 is 5.32 Å². The van der Waals surface area contributed by atoms with Crippen LogP contribution in [0.25, 0.3) is 0 Å². The smallest absolute Gasteiger partial charge is 0.0601 e. The number of hydrogen-bond donors (Lipinski definition) is 1. The molecule has 1 aliphatic carbocycles. The van der Waals surface area contributed by atoms with Crippen LogP contribution in [0, 0.1) is 6.92 Å². The van der Waals surface area contributed by atoms with Crippen molar-refractivity contribution < 1.29 is 0 Å². The van der Waals surface area contributed by atoms with E-state index in [9.17, 15) is 0 Å². The van der Waals surface area contributed by atoms with Gasteiger partial charge in [-0.1, -0.05) is 32.6 Å². The number of nitrogens with zero attached hydrogens (tertiary/aromatic N) is 1. The van der Waals surface area contributed by atoms with Crippen LogP contribution in [0.5, 0.6) is 0 Å². The summed E-state index contributed by atoms with van der Waals surface area (Å²) in [5.74, 6) is 0. The molecule has 1 aromatic rings. The van der Waals surface area contributed by atoms with Crippen LogP contribution in [-0.2, 0) is 0 Å². The molecule has 0 spiro atoms. The molecule has 0 amide bonds. The van der Waals surface area contributed by atoms with Crippen molar-refractivity contribution in [2.45, 2.75) is 70.4 Å². The Morgan fingerprint density at radius 2 is 1.86 bits per heavy atom. The number of hydrogen-bond acceptors (Lipinski definition) is 3. The fraction of sp³-hybridized carbons (Fsp3) is 0.778. The molecule has 1 atom stereocenters. The first kappa shape index (κ1) is 17.0. The maximum Gasteiger partial charge on any atom is 0.0601 e. The number of aryl methyl sites for hydroxylation is 1. The van der Waals surface area contributed by atoms with E-state index >= 15 is 0 Å². The lowest BCUT2D eigenvalue weighted by Gasteiger charge is -2.46. The van der Waals surface area contributed by atoms with Crippen molar-refractivity contribution in [3.63, 3.8) is 0 Å². The van der Waals surface area contributed by atoms with Crippen molar-refractivity contribution in [3.8, 4) is 0 Å². The SMILES string of the molecule is CCCNC(c1ccc(C)s1)C1(N(C)C)CCCCCC1. The second kappa shape index (κ2) is 7.75. The molecule has 0 radical (unpaired) electrons. The van der Waals surface area contributed by atoms with Gasteiger partial charge in [-0.3, -0.25) is 0 Å². The van der Waals surface area contributed by atoms with E-state index < -0.39 is 0 Å². The highest BCUT2D eigenvalue weighted by atomic mass is 32.1. The maximum atomic E-state index is 3.89. The molecule has 120 valence electrons. The van der Waals surface area contributed by atoms with Gasteiger partial charge < -0.3 is 10.2 Å². The Morgan fingerprint density at radius 3 is 2.33 bits per heavy atom. The molecular formula is C18H32N2S. The molecule has 1 saturated carbocycles. The number of likely N-dealkylation sites (N-methyl/N-ethyl adjacent to an activating group) is 1. The summed E-state index contributed by atoms with van der Waals surface area (Å²) in [7, 11) is 4.57. The van der Waals surface area contributed by atoms with Gasteiger partial charge in [0, 0.05) is 15.3 Å². The van der Waals surface area contributed by atoms with Crippen molar-refractivity contribution in [2.24, 2.45) is 0 Å². The van der Waals surface area contributed by atoms with E-state index in [-0.39, 0.29) is 5.54 Å². The largest absolute Gasteiger partial charge is 0.308 e. The Hall–Kier alpha value is -0.380. The third kappa shape index (κ3) is 3.88. The van der Waals surface area contributed by atoms with Crippen LogP contribution in [0.4, 0.5) is 0 Å². The molecule has 0 bridgehead atoms. The van der Waals surface area contributed by atoms with Crippen molar-refractivity contribution >= 4 is 11.3 Å². The van der Waals surface area contributed by atoms with Gasteiger partial charge in [0.05, 0.1) is 6.04 Å². The first-order valence-corrected chi connectivity index (χ1v) is 9.39. The Bertz CT molecular complexity index is 417. The lowest BCUT2D eigenvalue weighted by atomic mass is 9.80. The van der Waals surface area contributed by atoms with E-state index in [0.717, 1.165) is 6.54 Å². The Morgan fingerprint density at radius 1 is 1.19 bits per heavy atom. The highest BCUT2D eigenvalue weighted by Gasteiger charge is 2.41. The van der Waals surface area contributed by atoms with Crippen LogP contribution >= 0.6 is 11.3 Å². The monoisotopic (exact) mass is 308 g/mol. The standard InChI is InChI=1S/C18H32N2S/c1-5-14-19-17(16-11-10-15(2)21-16)18(20(3)4)12-8-6-7-9-13-18/h10-11,17,19H,5-9,12-14H2,1-4H3. The summed E-state index contributed by atoms with van der Waals surface area (Å²) in [6, 6.07) is 5.11. The summed E-state index contributed by atoms with van der Waals surface area (Å²) in [5.41, 5.74) is 0.281. The predicted molar refractivity (Wildman–Crippen MR) is 94.2 cm³/mol. The molecule has 1 N–H and O–H groups in total. The van der Waals surface area contributed by atoms with Gasteiger partial charge in [-0.2, -0.15) is 0 Å². The number of nitrogens with one attached hydrogen (secondary N) is 1. The molecule has 21 heavy (non-hydrogen) atoms. The molecule has 0 aromatic carbocycles. The molecule has 0 saturated heterocycles. The molecule has 2 rings (SSSR count). The zero-order chi connectivity index (χ0) is 15.3.